The molecule has 108 valence electrons. The summed E-state index contributed by atoms with van der Waals surface area (Å²) in [5, 5.41) is 3.21. The Morgan fingerprint density at radius 3 is 2.90 bits per heavy atom. The Balaban J connectivity index is 2.19. The van der Waals surface area contributed by atoms with Crippen molar-refractivity contribution in [2.24, 2.45) is 0 Å². The number of anilines is 2. The predicted octanol–water partition coefficient (Wildman–Crippen LogP) is 2.28. The highest BCUT2D eigenvalue weighted by Crippen LogP contribution is 2.17. The van der Waals surface area contributed by atoms with Crippen LogP contribution in [0.2, 0.25) is 0 Å². The molecule has 0 bridgehead atoms. The molecule has 0 saturated heterocycles. The molecule has 2 heterocycles. The van der Waals surface area contributed by atoms with Gasteiger partial charge in [0.2, 0.25) is 0 Å². The fraction of sp³-hybridized carbons (Fsp3) is 0.429. The minimum Gasteiger partial charge on any atom is -0.472 e. The molecule has 0 amide bonds. The first-order chi connectivity index (χ1) is 9.72. The van der Waals surface area contributed by atoms with E-state index < -0.39 is 0 Å². The summed E-state index contributed by atoms with van der Waals surface area (Å²) in [6.07, 6.45) is 3.41. The van der Waals surface area contributed by atoms with Gasteiger partial charge in [0.25, 0.3) is 0 Å². The first-order valence-corrected chi connectivity index (χ1v) is 6.56. The third-order valence-electron chi connectivity index (χ3n) is 2.78. The van der Waals surface area contributed by atoms with Gasteiger partial charge < -0.3 is 19.4 Å². The van der Waals surface area contributed by atoms with Crippen LogP contribution in [0, 0.1) is 0 Å². The van der Waals surface area contributed by atoms with Crippen LogP contribution in [-0.4, -0.2) is 30.7 Å². The zero-order valence-electron chi connectivity index (χ0n) is 12.1. The molecule has 2 rings (SSSR count). The third-order valence-corrected chi connectivity index (χ3v) is 2.78. The van der Waals surface area contributed by atoms with E-state index in [4.69, 9.17) is 9.15 Å². The number of hydrogen-bond acceptors (Lipinski definition) is 6. The van der Waals surface area contributed by atoms with Crippen LogP contribution in [0.3, 0.4) is 0 Å². The molecule has 2 aromatic heterocycles. The molecule has 1 N–H and O–H groups in total. The molecule has 0 saturated carbocycles. The highest BCUT2D eigenvalue weighted by Gasteiger charge is 2.09. The van der Waals surface area contributed by atoms with Gasteiger partial charge in [-0.1, -0.05) is 0 Å². The zero-order valence-corrected chi connectivity index (χ0v) is 12.1. The van der Waals surface area contributed by atoms with Crippen molar-refractivity contribution in [2.45, 2.75) is 20.1 Å². The standard InChI is InChI=1S/C14H20N4O2/c1-4-15-12-7-14(17-13(16-12)10-19-3)18(2)8-11-5-6-20-9-11/h5-7,9H,4,8,10H2,1-3H3,(H,15,16,17). The Kier molecular flexibility index (Phi) is 4.95. The van der Waals surface area contributed by atoms with Crippen LogP contribution in [0.15, 0.2) is 29.1 Å². The van der Waals surface area contributed by atoms with Gasteiger partial charge in [-0.3, -0.25) is 0 Å². The second kappa shape index (κ2) is 6.91. The largest absolute Gasteiger partial charge is 0.472 e. The summed E-state index contributed by atoms with van der Waals surface area (Å²) in [6, 6.07) is 3.88. The van der Waals surface area contributed by atoms with Crippen molar-refractivity contribution < 1.29 is 9.15 Å². The number of furan rings is 1. The summed E-state index contributed by atoms with van der Waals surface area (Å²) in [6.45, 7) is 3.97. The Morgan fingerprint density at radius 2 is 2.25 bits per heavy atom. The quantitative estimate of drug-likeness (QED) is 0.837. The number of ether oxygens (including phenoxy) is 1. The van der Waals surface area contributed by atoms with E-state index in [9.17, 15) is 0 Å². The maximum absolute atomic E-state index is 5.12. The second-order valence-electron chi connectivity index (χ2n) is 4.48. The molecule has 0 aromatic carbocycles. The van der Waals surface area contributed by atoms with Gasteiger partial charge in [0.05, 0.1) is 12.5 Å². The minimum absolute atomic E-state index is 0.395. The molecule has 20 heavy (non-hydrogen) atoms. The number of rotatable bonds is 7. The molecule has 0 aliphatic heterocycles. The van der Waals surface area contributed by atoms with Crippen molar-refractivity contribution in [2.75, 3.05) is 30.9 Å². The lowest BCUT2D eigenvalue weighted by Gasteiger charge is -2.19. The normalized spacial score (nSPS) is 10.6. The van der Waals surface area contributed by atoms with Crippen molar-refractivity contribution >= 4 is 11.6 Å². The first-order valence-electron chi connectivity index (χ1n) is 6.56. The number of aromatic nitrogens is 2. The van der Waals surface area contributed by atoms with Crippen molar-refractivity contribution in [1.82, 2.24) is 9.97 Å². The predicted molar refractivity (Wildman–Crippen MR) is 77.7 cm³/mol. The molecule has 0 unspecified atom stereocenters. The van der Waals surface area contributed by atoms with Crippen molar-refractivity contribution in [3.63, 3.8) is 0 Å². The van der Waals surface area contributed by atoms with Gasteiger partial charge >= 0.3 is 0 Å². The summed E-state index contributed by atoms with van der Waals surface area (Å²) >= 11 is 0. The Labute approximate surface area is 118 Å². The first kappa shape index (κ1) is 14.3. The van der Waals surface area contributed by atoms with E-state index in [1.807, 2.05) is 31.0 Å². The average Bonchev–Trinajstić information content (AvgIpc) is 2.92. The van der Waals surface area contributed by atoms with E-state index in [1.54, 1.807) is 19.6 Å². The molecule has 0 radical (unpaired) electrons. The molecule has 0 fully saturated rings. The third kappa shape index (κ3) is 3.71. The van der Waals surface area contributed by atoms with Gasteiger partial charge in [0, 0.05) is 38.9 Å². The molecule has 0 spiro atoms. The van der Waals surface area contributed by atoms with Gasteiger partial charge in [0.1, 0.15) is 18.2 Å². The summed E-state index contributed by atoms with van der Waals surface area (Å²) < 4.78 is 10.2. The molecule has 6 heteroatoms. The van der Waals surface area contributed by atoms with Crippen molar-refractivity contribution in [1.29, 1.82) is 0 Å². The molecular weight excluding hydrogens is 256 g/mol. The van der Waals surface area contributed by atoms with Crippen LogP contribution in [0.1, 0.15) is 18.3 Å². The van der Waals surface area contributed by atoms with E-state index in [0.717, 1.165) is 30.3 Å². The lowest BCUT2D eigenvalue weighted by molar-refractivity contribution is 0.178. The van der Waals surface area contributed by atoms with Gasteiger partial charge in [-0.2, -0.15) is 0 Å². The molecule has 0 aliphatic carbocycles. The van der Waals surface area contributed by atoms with Gasteiger partial charge in [0.15, 0.2) is 5.82 Å². The summed E-state index contributed by atoms with van der Waals surface area (Å²) in [5.74, 6) is 2.33. The Hall–Kier alpha value is -2.08. The highest BCUT2D eigenvalue weighted by molar-refractivity contribution is 5.49. The van der Waals surface area contributed by atoms with Crippen molar-refractivity contribution in [3.8, 4) is 0 Å². The topological polar surface area (TPSA) is 63.4 Å². The number of nitrogens with one attached hydrogen (secondary N) is 1. The van der Waals surface area contributed by atoms with Crippen LogP contribution in [0.5, 0.6) is 0 Å². The SMILES string of the molecule is CCNc1cc(N(C)Cc2ccoc2)nc(COC)n1. The van der Waals surface area contributed by atoms with E-state index in [-0.39, 0.29) is 0 Å². The molecule has 2 aromatic rings. The summed E-state index contributed by atoms with van der Waals surface area (Å²) in [7, 11) is 3.62. The second-order valence-corrected chi connectivity index (χ2v) is 4.48. The molecule has 0 aliphatic rings. The van der Waals surface area contributed by atoms with E-state index >= 15 is 0 Å². The van der Waals surface area contributed by atoms with Crippen molar-refractivity contribution in [3.05, 3.63) is 36.0 Å². The Morgan fingerprint density at radius 1 is 1.40 bits per heavy atom. The van der Waals surface area contributed by atoms with Crippen LogP contribution < -0.4 is 10.2 Å². The maximum atomic E-state index is 5.12. The van der Waals surface area contributed by atoms with Crippen LogP contribution in [-0.2, 0) is 17.9 Å². The molecule has 6 nitrogen and oxygen atoms in total. The van der Waals surface area contributed by atoms with Gasteiger partial charge in [-0.15, -0.1) is 0 Å². The van der Waals surface area contributed by atoms with Crippen LogP contribution in [0.25, 0.3) is 0 Å². The molecular formula is C14H20N4O2. The number of hydrogen-bond donors (Lipinski definition) is 1. The number of methoxy groups -OCH3 is 1. The van der Waals surface area contributed by atoms with Gasteiger partial charge in [-0.05, 0) is 13.0 Å². The maximum Gasteiger partial charge on any atom is 0.158 e. The fourth-order valence-electron chi connectivity index (χ4n) is 1.88. The summed E-state index contributed by atoms with van der Waals surface area (Å²) in [4.78, 5) is 11.0. The Bertz CT molecular complexity index is 504. The lowest BCUT2D eigenvalue weighted by Crippen LogP contribution is -2.19. The van der Waals surface area contributed by atoms with Gasteiger partial charge in [-0.25, -0.2) is 9.97 Å². The highest BCUT2D eigenvalue weighted by atomic mass is 16.5. The summed E-state index contributed by atoms with van der Waals surface area (Å²) in [5.41, 5.74) is 1.10. The fourth-order valence-corrected chi connectivity index (χ4v) is 1.88. The lowest BCUT2D eigenvalue weighted by atomic mass is 10.3. The average molecular weight is 276 g/mol. The smallest absolute Gasteiger partial charge is 0.158 e. The number of nitrogens with zero attached hydrogens (tertiary/aromatic N) is 3. The monoisotopic (exact) mass is 276 g/mol. The van der Waals surface area contributed by atoms with Crippen LogP contribution in [0.4, 0.5) is 11.6 Å². The van der Waals surface area contributed by atoms with Crippen LogP contribution >= 0.6 is 0 Å². The van der Waals surface area contributed by atoms with E-state index in [0.29, 0.717) is 12.4 Å². The zero-order chi connectivity index (χ0) is 14.4. The van der Waals surface area contributed by atoms with E-state index in [1.165, 1.54) is 0 Å². The van der Waals surface area contributed by atoms with E-state index in [2.05, 4.69) is 15.3 Å². The minimum atomic E-state index is 0.395. The molecule has 0 atom stereocenters.